The van der Waals surface area contributed by atoms with E-state index >= 15 is 0 Å². The zero-order chi connectivity index (χ0) is 12.7. The van der Waals surface area contributed by atoms with Crippen LogP contribution in [0.1, 0.15) is 6.92 Å². The number of rotatable bonds is 6. The summed E-state index contributed by atoms with van der Waals surface area (Å²) in [7, 11) is 0. The van der Waals surface area contributed by atoms with Gasteiger partial charge in [-0.15, -0.1) is 10.1 Å². The van der Waals surface area contributed by atoms with E-state index in [0.717, 1.165) is 13.1 Å². The number of nitrogens with one attached hydrogen (secondary N) is 1. The van der Waals surface area contributed by atoms with E-state index in [1.54, 1.807) is 0 Å². The molecule has 0 aromatic carbocycles. The maximum Gasteiger partial charge on any atom is 0.295 e. The lowest BCUT2D eigenvalue weighted by atomic mass is 10.3. The predicted octanol–water partition coefficient (Wildman–Crippen LogP) is -0.968. The van der Waals surface area contributed by atoms with Crippen LogP contribution in [0.2, 0.25) is 0 Å². The highest BCUT2D eigenvalue weighted by atomic mass is 17.0. The van der Waals surface area contributed by atoms with Gasteiger partial charge in [-0.25, -0.2) is 0 Å². The normalized spacial score (nSPS) is 18.4. The fourth-order valence-electron chi connectivity index (χ4n) is 1.48. The molecule has 1 fully saturated rings. The summed E-state index contributed by atoms with van der Waals surface area (Å²) < 4.78 is 5.19. The first-order valence-corrected chi connectivity index (χ1v) is 5.48. The molecule has 8 nitrogen and oxygen atoms in total. The Labute approximate surface area is 99.0 Å². The van der Waals surface area contributed by atoms with Gasteiger partial charge >= 0.3 is 0 Å². The van der Waals surface area contributed by atoms with Crippen molar-refractivity contribution in [2.45, 2.75) is 13.0 Å². The summed E-state index contributed by atoms with van der Waals surface area (Å²) in [4.78, 5) is 27.6. The van der Waals surface area contributed by atoms with E-state index < -0.39 is 17.1 Å². The van der Waals surface area contributed by atoms with Crippen molar-refractivity contribution in [3.05, 3.63) is 10.1 Å². The van der Waals surface area contributed by atoms with E-state index in [4.69, 9.17) is 4.74 Å². The van der Waals surface area contributed by atoms with E-state index in [1.807, 2.05) is 0 Å². The predicted molar refractivity (Wildman–Crippen MR) is 57.8 cm³/mol. The van der Waals surface area contributed by atoms with Crippen LogP contribution in [0.25, 0.3) is 0 Å². The van der Waals surface area contributed by atoms with Gasteiger partial charge in [0.05, 0.1) is 13.2 Å². The monoisotopic (exact) mass is 247 g/mol. The van der Waals surface area contributed by atoms with Gasteiger partial charge in [0.1, 0.15) is 0 Å². The topological polar surface area (TPSA) is 93.9 Å². The largest absolute Gasteiger partial charge is 0.379 e. The van der Waals surface area contributed by atoms with Crippen LogP contribution in [-0.2, 0) is 14.4 Å². The lowest BCUT2D eigenvalue weighted by molar-refractivity contribution is -0.763. The van der Waals surface area contributed by atoms with Crippen molar-refractivity contribution in [2.75, 3.05) is 39.4 Å². The fourth-order valence-corrected chi connectivity index (χ4v) is 1.48. The number of morpholine rings is 1. The molecule has 1 N–H and O–H groups in total. The third-order valence-electron chi connectivity index (χ3n) is 2.44. The fraction of sp³-hybridized carbons (Fsp3) is 0.889. The van der Waals surface area contributed by atoms with Crippen LogP contribution in [0.15, 0.2) is 0 Å². The molecule has 0 aromatic heterocycles. The average molecular weight is 247 g/mol. The summed E-state index contributed by atoms with van der Waals surface area (Å²) in [6.45, 7) is 5.59. The van der Waals surface area contributed by atoms with Crippen molar-refractivity contribution in [3.8, 4) is 0 Å². The molecule has 1 saturated heterocycles. The minimum atomic E-state index is -1.07. The molecule has 0 aliphatic carbocycles. The first-order chi connectivity index (χ1) is 8.09. The summed E-state index contributed by atoms with van der Waals surface area (Å²) in [6.07, 6.45) is -1.07. The maximum absolute atomic E-state index is 11.3. The average Bonchev–Trinajstić information content (AvgIpc) is 2.29. The molecule has 1 amide bonds. The van der Waals surface area contributed by atoms with Gasteiger partial charge in [0, 0.05) is 26.2 Å². The van der Waals surface area contributed by atoms with Gasteiger partial charge in [-0.2, -0.15) is 0 Å². The molecule has 8 heteroatoms. The summed E-state index contributed by atoms with van der Waals surface area (Å²) in [5.41, 5.74) is 0. The summed E-state index contributed by atoms with van der Waals surface area (Å²) in [5, 5.41) is 11.6. The van der Waals surface area contributed by atoms with E-state index in [1.165, 1.54) is 6.92 Å². The number of carbonyl (C=O) groups excluding carboxylic acids is 1. The van der Waals surface area contributed by atoms with Crippen LogP contribution in [0.3, 0.4) is 0 Å². The highest BCUT2D eigenvalue weighted by Gasteiger charge is 2.17. The van der Waals surface area contributed by atoms with Gasteiger partial charge in [0.15, 0.2) is 6.10 Å². The second-order valence-corrected chi connectivity index (χ2v) is 3.72. The molecule has 1 aliphatic rings. The van der Waals surface area contributed by atoms with Gasteiger partial charge in [0.2, 0.25) is 5.91 Å². The third-order valence-corrected chi connectivity index (χ3v) is 2.44. The Morgan fingerprint density at radius 2 is 2.24 bits per heavy atom. The van der Waals surface area contributed by atoms with Gasteiger partial charge in [-0.05, 0) is 6.92 Å². The quantitative estimate of drug-likeness (QED) is 0.479. The van der Waals surface area contributed by atoms with Crippen molar-refractivity contribution >= 4 is 5.91 Å². The zero-order valence-corrected chi connectivity index (χ0v) is 9.76. The molecule has 98 valence electrons. The molecule has 0 spiro atoms. The lowest BCUT2D eigenvalue weighted by Gasteiger charge is -2.26. The van der Waals surface area contributed by atoms with Crippen LogP contribution in [0.5, 0.6) is 0 Å². The van der Waals surface area contributed by atoms with E-state index in [2.05, 4.69) is 15.1 Å². The molecule has 1 rings (SSSR count). The SMILES string of the molecule is CC(O[N+](=O)[O-])C(=O)NCCN1CCOCC1. The first kappa shape index (κ1) is 13.7. The summed E-state index contributed by atoms with van der Waals surface area (Å²) in [5.74, 6) is -0.477. The molecule has 0 aromatic rings. The number of carbonyl (C=O) groups is 1. The van der Waals surface area contributed by atoms with Crippen molar-refractivity contribution in [3.63, 3.8) is 0 Å². The Morgan fingerprint density at radius 1 is 1.59 bits per heavy atom. The highest BCUT2D eigenvalue weighted by molar-refractivity contribution is 5.80. The third kappa shape index (κ3) is 5.45. The Balaban J connectivity index is 2.12. The Hall–Kier alpha value is -1.41. The van der Waals surface area contributed by atoms with Gasteiger partial charge in [0.25, 0.3) is 5.09 Å². The number of ether oxygens (including phenoxy) is 1. The zero-order valence-electron chi connectivity index (χ0n) is 9.76. The smallest absolute Gasteiger partial charge is 0.295 e. The molecule has 17 heavy (non-hydrogen) atoms. The van der Waals surface area contributed by atoms with E-state index in [0.29, 0.717) is 26.3 Å². The van der Waals surface area contributed by atoms with Crippen LogP contribution in [-0.4, -0.2) is 61.4 Å². The second-order valence-electron chi connectivity index (χ2n) is 3.72. The standard InChI is InChI=1S/C9H17N3O5/c1-8(17-12(14)15)9(13)10-2-3-11-4-6-16-7-5-11/h8H,2-7H2,1H3,(H,10,13). The van der Waals surface area contributed by atoms with Crippen molar-refractivity contribution < 1.29 is 19.5 Å². The van der Waals surface area contributed by atoms with Crippen LogP contribution < -0.4 is 5.32 Å². The molecule has 1 aliphatic heterocycles. The second kappa shape index (κ2) is 7.02. The van der Waals surface area contributed by atoms with Crippen molar-refractivity contribution in [2.24, 2.45) is 0 Å². The highest BCUT2D eigenvalue weighted by Crippen LogP contribution is 1.95. The van der Waals surface area contributed by atoms with E-state index in [-0.39, 0.29) is 0 Å². The molecule has 0 bridgehead atoms. The molecule has 0 saturated carbocycles. The van der Waals surface area contributed by atoms with Gasteiger partial charge in [-0.1, -0.05) is 0 Å². The number of nitrogens with zero attached hydrogens (tertiary/aromatic N) is 2. The summed E-state index contributed by atoms with van der Waals surface area (Å²) in [6, 6.07) is 0. The maximum atomic E-state index is 11.3. The Morgan fingerprint density at radius 3 is 2.82 bits per heavy atom. The number of hydrogen-bond donors (Lipinski definition) is 1. The van der Waals surface area contributed by atoms with E-state index in [9.17, 15) is 14.9 Å². The Kier molecular flexibility index (Phi) is 5.64. The number of hydrogen-bond acceptors (Lipinski definition) is 6. The first-order valence-electron chi connectivity index (χ1n) is 5.48. The van der Waals surface area contributed by atoms with Gasteiger partial charge in [-0.3, -0.25) is 9.69 Å². The molecule has 1 unspecified atom stereocenters. The Bertz CT molecular complexity index is 267. The van der Waals surface area contributed by atoms with Crippen LogP contribution >= 0.6 is 0 Å². The van der Waals surface area contributed by atoms with Crippen molar-refractivity contribution in [1.29, 1.82) is 0 Å². The minimum Gasteiger partial charge on any atom is -0.379 e. The van der Waals surface area contributed by atoms with Gasteiger partial charge < -0.3 is 14.9 Å². The summed E-state index contributed by atoms with van der Waals surface area (Å²) >= 11 is 0. The van der Waals surface area contributed by atoms with Crippen molar-refractivity contribution in [1.82, 2.24) is 10.2 Å². The molecular weight excluding hydrogens is 230 g/mol. The lowest BCUT2D eigenvalue weighted by Crippen LogP contribution is -2.43. The minimum absolute atomic E-state index is 0.449. The molecule has 1 atom stereocenters. The molecule has 1 heterocycles. The number of amides is 1. The molecule has 0 radical (unpaired) electrons. The molecular formula is C9H17N3O5. The van der Waals surface area contributed by atoms with Crippen LogP contribution in [0.4, 0.5) is 0 Å². The van der Waals surface area contributed by atoms with Crippen LogP contribution in [0, 0.1) is 10.1 Å².